The molecule has 3 nitrogen and oxygen atoms in total. The first-order valence-electron chi connectivity index (χ1n) is 8.39. The summed E-state index contributed by atoms with van der Waals surface area (Å²) in [7, 11) is 0. The van der Waals surface area contributed by atoms with Gasteiger partial charge in [-0.25, -0.2) is 0 Å². The van der Waals surface area contributed by atoms with E-state index in [4.69, 9.17) is 0 Å². The Morgan fingerprint density at radius 2 is 1.42 bits per heavy atom. The number of aliphatic hydroxyl groups excluding tert-OH is 1. The van der Waals surface area contributed by atoms with Crippen LogP contribution in [-0.2, 0) is 6.54 Å². The molecule has 0 spiro atoms. The van der Waals surface area contributed by atoms with Crippen LogP contribution < -0.4 is 0 Å². The van der Waals surface area contributed by atoms with Crippen LogP contribution >= 0.6 is 45.2 Å². The Bertz CT molecular complexity index is 825. The summed E-state index contributed by atoms with van der Waals surface area (Å²) in [5, 5.41) is 13.2. The molecule has 0 saturated carbocycles. The minimum absolute atomic E-state index is 0.333. The molecule has 1 atom stereocenters. The molecule has 1 fully saturated rings. The van der Waals surface area contributed by atoms with Crippen molar-refractivity contribution in [1.29, 1.82) is 0 Å². The van der Waals surface area contributed by atoms with Gasteiger partial charge in [-0.2, -0.15) is 0 Å². The fourth-order valence-electron chi connectivity index (χ4n) is 3.78. The van der Waals surface area contributed by atoms with Crippen molar-refractivity contribution < 1.29 is 5.11 Å². The number of aliphatic hydroxyl groups is 1. The molecule has 1 saturated heterocycles. The zero-order valence-electron chi connectivity index (χ0n) is 13.4. The minimum Gasteiger partial charge on any atom is -0.390 e. The van der Waals surface area contributed by atoms with E-state index < -0.39 is 0 Å². The maximum Gasteiger partial charge on any atom is 0.0845 e. The molecule has 1 aromatic heterocycles. The van der Waals surface area contributed by atoms with Gasteiger partial charge in [0.05, 0.1) is 12.6 Å². The van der Waals surface area contributed by atoms with Gasteiger partial charge in [-0.15, -0.1) is 0 Å². The summed E-state index contributed by atoms with van der Waals surface area (Å²) < 4.78 is 4.78. The van der Waals surface area contributed by atoms with Crippen LogP contribution in [-0.4, -0.2) is 40.3 Å². The van der Waals surface area contributed by atoms with Gasteiger partial charge in [0.15, 0.2) is 0 Å². The number of hydrogen-bond acceptors (Lipinski definition) is 2. The van der Waals surface area contributed by atoms with E-state index in [0.717, 1.165) is 19.6 Å². The molecular weight excluding hydrogens is 526 g/mol. The van der Waals surface area contributed by atoms with Crippen molar-refractivity contribution in [2.45, 2.75) is 25.5 Å². The van der Waals surface area contributed by atoms with Crippen LogP contribution in [0.5, 0.6) is 0 Å². The first-order valence-corrected chi connectivity index (χ1v) is 10.5. The van der Waals surface area contributed by atoms with E-state index in [1.807, 2.05) is 0 Å². The quantitative estimate of drug-likeness (QED) is 0.490. The first-order chi connectivity index (χ1) is 11.6. The van der Waals surface area contributed by atoms with Crippen molar-refractivity contribution in [3.63, 3.8) is 0 Å². The Hall–Kier alpha value is -0.380. The van der Waals surface area contributed by atoms with Crippen molar-refractivity contribution in [2.24, 2.45) is 0 Å². The molecule has 0 aliphatic carbocycles. The maximum absolute atomic E-state index is 10.6. The number of β-amino-alcohol motifs (C(OH)–C–C–N with tert-alkyl or cyclic N) is 1. The third-order valence-corrected chi connectivity index (χ3v) is 6.19. The van der Waals surface area contributed by atoms with E-state index in [9.17, 15) is 5.11 Å². The summed E-state index contributed by atoms with van der Waals surface area (Å²) in [5.74, 6) is 0. The Morgan fingerprint density at radius 3 is 1.96 bits per heavy atom. The third kappa shape index (κ3) is 3.32. The van der Waals surface area contributed by atoms with Crippen LogP contribution in [0, 0.1) is 7.14 Å². The second-order valence-corrected chi connectivity index (χ2v) is 9.09. The lowest BCUT2D eigenvalue weighted by Gasteiger charge is -2.20. The Balaban J connectivity index is 1.75. The van der Waals surface area contributed by atoms with Crippen molar-refractivity contribution in [3.8, 4) is 0 Å². The van der Waals surface area contributed by atoms with Crippen molar-refractivity contribution in [1.82, 2.24) is 9.47 Å². The van der Waals surface area contributed by atoms with E-state index in [2.05, 4.69) is 91.0 Å². The van der Waals surface area contributed by atoms with Gasteiger partial charge in [0.25, 0.3) is 0 Å². The summed E-state index contributed by atoms with van der Waals surface area (Å²) in [6.45, 7) is 3.68. The molecule has 24 heavy (non-hydrogen) atoms. The fourth-order valence-corrected chi connectivity index (χ4v) is 4.76. The van der Waals surface area contributed by atoms with E-state index in [-0.39, 0.29) is 6.10 Å². The summed E-state index contributed by atoms with van der Waals surface area (Å²) >= 11 is 4.74. The summed E-state index contributed by atoms with van der Waals surface area (Å²) in [6, 6.07) is 13.2. The molecule has 4 rings (SSSR count). The molecule has 5 heteroatoms. The van der Waals surface area contributed by atoms with Crippen LogP contribution in [0.25, 0.3) is 21.8 Å². The molecule has 126 valence electrons. The number of rotatable bonds is 4. The zero-order chi connectivity index (χ0) is 16.7. The van der Waals surface area contributed by atoms with Crippen LogP contribution in [0.3, 0.4) is 0 Å². The lowest BCUT2D eigenvalue weighted by molar-refractivity contribution is 0.111. The van der Waals surface area contributed by atoms with Gasteiger partial charge in [0.2, 0.25) is 0 Å². The van der Waals surface area contributed by atoms with E-state index >= 15 is 0 Å². The highest BCUT2D eigenvalue weighted by Crippen LogP contribution is 2.31. The third-order valence-electron chi connectivity index (χ3n) is 4.85. The van der Waals surface area contributed by atoms with E-state index in [1.165, 1.54) is 41.8 Å². The SMILES string of the molecule is OC(CN1CCCC1)Cn1c2ccc(I)cc2c2cc(I)ccc21. The number of fused-ring (bicyclic) bond motifs is 3. The first kappa shape index (κ1) is 17.1. The molecule has 0 amide bonds. The Labute approximate surface area is 169 Å². The molecule has 2 heterocycles. The molecule has 1 N–H and O–H groups in total. The lowest BCUT2D eigenvalue weighted by atomic mass is 10.2. The average Bonchev–Trinajstić information content (AvgIpc) is 3.15. The van der Waals surface area contributed by atoms with E-state index in [0.29, 0.717) is 6.54 Å². The summed E-state index contributed by atoms with van der Waals surface area (Å²) in [6.07, 6.45) is 2.19. The van der Waals surface area contributed by atoms with Gasteiger partial charge in [-0.3, -0.25) is 0 Å². The summed E-state index contributed by atoms with van der Waals surface area (Å²) in [5.41, 5.74) is 2.43. The fraction of sp³-hybridized carbons (Fsp3) is 0.368. The van der Waals surface area contributed by atoms with Gasteiger partial charge >= 0.3 is 0 Å². The normalized spacial score (nSPS) is 17.1. The van der Waals surface area contributed by atoms with Crippen LogP contribution in [0.15, 0.2) is 36.4 Å². The maximum atomic E-state index is 10.6. The predicted molar refractivity (Wildman–Crippen MR) is 117 cm³/mol. The van der Waals surface area contributed by atoms with Gasteiger partial charge in [-0.1, -0.05) is 0 Å². The number of benzene rings is 2. The standard InChI is InChI=1S/C19H20I2N2O/c20-13-3-5-18-16(9-13)17-10-14(21)4-6-19(17)23(18)12-15(24)11-22-7-1-2-8-22/h3-6,9-10,15,24H,1-2,7-8,11-12H2. The number of halogens is 2. The molecule has 3 aromatic rings. The smallest absolute Gasteiger partial charge is 0.0845 e. The Kier molecular flexibility index (Phi) is 5.04. The number of hydrogen-bond donors (Lipinski definition) is 1. The van der Waals surface area contributed by atoms with Crippen molar-refractivity contribution >= 4 is 67.0 Å². The van der Waals surface area contributed by atoms with Crippen molar-refractivity contribution in [2.75, 3.05) is 19.6 Å². The highest BCUT2D eigenvalue weighted by atomic mass is 127. The van der Waals surface area contributed by atoms with Crippen molar-refractivity contribution in [3.05, 3.63) is 43.5 Å². The molecule has 1 unspecified atom stereocenters. The molecule has 0 bridgehead atoms. The second-order valence-electron chi connectivity index (χ2n) is 6.60. The van der Waals surface area contributed by atoms with Crippen LogP contribution in [0.1, 0.15) is 12.8 Å². The van der Waals surface area contributed by atoms with Gasteiger partial charge in [0.1, 0.15) is 0 Å². The van der Waals surface area contributed by atoms with Crippen LogP contribution in [0.2, 0.25) is 0 Å². The molecule has 0 radical (unpaired) electrons. The van der Waals surface area contributed by atoms with Gasteiger partial charge in [0, 0.05) is 35.5 Å². The van der Waals surface area contributed by atoms with E-state index in [1.54, 1.807) is 0 Å². The van der Waals surface area contributed by atoms with Gasteiger partial charge < -0.3 is 14.6 Å². The number of aromatic nitrogens is 1. The Morgan fingerprint density at radius 1 is 0.875 bits per heavy atom. The minimum atomic E-state index is -0.333. The molecule has 1 aliphatic heterocycles. The predicted octanol–water partition coefficient (Wildman–Crippen LogP) is 4.46. The van der Waals surface area contributed by atoms with Gasteiger partial charge in [-0.05, 0) is 108 Å². The second kappa shape index (κ2) is 7.09. The number of nitrogens with zero attached hydrogens (tertiary/aromatic N) is 2. The lowest BCUT2D eigenvalue weighted by Crippen LogP contribution is -2.32. The average molecular weight is 546 g/mol. The molecule has 1 aliphatic rings. The number of likely N-dealkylation sites (tertiary alicyclic amines) is 1. The monoisotopic (exact) mass is 546 g/mol. The molecular formula is C19H20I2N2O. The largest absolute Gasteiger partial charge is 0.390 e. The summed E-state index contributed by atoms with van der Waals surface area (Å²) in [4.78, 5) is 2.38. The molecule has 2 aromatic carbocycles. The topological polar surface area (TPSA) is 28.4 Å². The highest BCUT2D eigenvalue weighted by molar-refractivity contribution is 14.1. The van der Waals surface area contributed by atoms with Crippen LogP contribution in [0.4, 0.5) is 0 Å². The zero-order valence-corrected chi connectivity index (χ0v) is 17.7. The highest BCUT2D eigenvalue weighted by Gasteiger charge is 2.18.